The highest BCUT2D eigenvalue weighted by molar-refractivity contribution is 7.09. The first-order chi connectivity index (χ1) is 10.7. The van der Waals surface area contributed by atoms with Crippen molar-refractivity contribution in [2.24, 2.45) is 5.92 Å². The van der Waals surface area contributed by atoms with Crippen molar-refractivity contribution in [3.63, 3.8) is 0 Å². The number of hydrogen-bond donors (Lipinski definition) is 1. The molecule has 0 aromatic carbocycles. The van der Waals surface area contributed by atoms with Crippen LogP contribution in [0.1, 0.15) is 43.2 Å². The summed E-state index contributed by atoms with van der Waals surface area (Å²) in [7, 11) is 0. The number of carbonyl (C=O) groups is 2. The largest absolute Gasteiger partial charge is 0.480 e. The van der Waals surface area contributed by atoms with Gasteiger partial charge in [-0.3, -0.25) is 14.5 Å². The highest BCUT2D eigenvalue weighted by Crippen LogP contribution is 2.20. The molecule has 2 heterocycles. The standard InChI is InChI=1S/C16H25N3O3S/c1-11(2)9-13-17-12(10-23-13)14(20)18-5-7-19(8-6-18)16(3,4)15(21)22/h10-11H,5-9H2,1-4H3,(H,21,22). The van der Waals surface area contributed by atoms with Crippen molar-refractivity contribution in [3.8, 4) is 0 Å². The van der Waals surface area contributed by atoms with Crippen molar-refractivity contribution in [1.82, 2.24) is 14.8 Å². The summed E-state index contributed by atoms with van der Waals surface area (Å²) in [5, 5.41) is 12.1. The molecule has 1 amide bonds. The number of hydrogen-bond acceptors (Lipinski definition) is 5. The lowest BCUT2D eigenvalue weighted by molar-refractivity contribution is -0.150. The predicted octanol–water partition coefficient (Wildman–Crippen LogP) is 1.96. The lowest BCUT2D eigenvalue weighted by Gasteiger charge is -2.41. The summed E-state index contributed by atoms with van der Waals surface area (Å²) in [5.74, 6) is -0.370. The molecule has 1 aliphatic heterocycles. The van der Waals surface area contributed by atoms with Crippen LogP contribution in [-0.2, 0) is 11.2 Å². The van der Waals surface area contributed by atoms with Crippen LogP contribution < -0.4 is 0 Å². The fourth-order valence-corrected chi connectivity index (χ4v) is 3.60. The number of carbonyl (C=O) groups excluding carboxylic acids is 1. The van der Waals surface area contributed by atoms with E-state index in [0.717, 1.165) is 11.4 Å². The highest BCUT2D eigenvalue weighted by atomic mass is 32.1. The van der Waals surface area contributed by atoms with Crippen LogP contribution in [0.5, 0.6) is 0 Å². The third-order valence-electron chi connectivity index (χ3n) is 4.23. The zero-order valence-electron chi connectivity index (χ0n) is 14.2. The maximum atomic E-state index is 12.5. The third-order valence-corrected chi connectivity index (χ3v) is 5.11. The lowest BCUT2D eigenvalue weighted by Crippen LogP contribution is -2.58. The Morgan fingerprint density at radius 1 is 1.30 bits per heavy atom. The molecule has 1 aromatic rings. The third kappa shape index (κ3) is 4.09. The number of carboxylic acids is 1. The molecule has 7 heteroatoms. The summed E-state index contributed by atoms with van der Waals surface area (Å²) in [6, 6.07) is 0. The predicted molar refractivity (Wildman–Crippen MR) is 89.8 cm³/mol. The molecule has 0 unspecified atom stereocenters. The van der Waals surface area contributed by atoms with Gasteiger partial charge in [0.2, 0.25) is 0 Å². The number of thiazole rings is 1. The molecule has 1 fully saturated rings. The fourth-order valence-electron chi connectivity index (χ4n) is 2.62. The van der Waals surface area contributed by atoms with Crippen LogP contribution in [0.4, 0.5) is 0 Å². The van der Waals surface area contributed by atoms with Crippen molar-refractivity contribution in [2.45, 2.75) is 39.7 Å². The molecule has 1 N–H and O–H groups in total. The SMILES string of the molecule is CC(C)Cc1nc(C(=O)N2CCN(C(C)(C)C(=O)O)CC2)cs1. The van der Waals surface area contributed by atoms with E-state index in [4.69, 9.17) is 0 Å². The van der Waals surface area contributed by atoms with Gasteiger partial charge in [-0.15, -0.1) is 11.3 Å². The van der Waals surface area contributed by atoms with Gasteiger partial charge in [0.1, 0.15) is 11.2 Å². The molecular weight excluding hydrogens is 314 g/mol. The molecule has 6 nitrogen and oxygen atoms in total. The van der Waals surface area contributed by atoms with Crippen molar-refractivity contribution < 1.29 is 14.7 Å². The van der Waals surface area contributed by atoms with Gasteiger partial charge in [-0.1, -0.05) is 13.8 Å². The van der Waals surface area contributed by atoms with Gasteiger partial charge in [-0.05, 0) is 19.8 Å². The molecule has 1 aliphatic rings. The van der Waals surface area contributed by atoms with Crippen LogP contribution in [-0.4, -0.2) is 63.5 Å². The molecule has 0 radical (unpaired) electrons. The first kappa shape index (κ1) is 17.9. The number of nitrogens with zero attached hydrogens (tertiary/aromatic N) is 3. The zero-order valence-corrected chi connectivity index (χ0v) is 15.0. The van der Waals surface area contributed by atoms with E-state index in [2.05, 4.69) is 18.8 Å². The highest BCUT2D eigenvalue weighted by Gasteiger charge is 2.37. The monoisotopic (exact) mass is 339 g/mol. The second-order valence-corrected chi connectivity index (χ2v) is 7.81. The van der Waals surface area contributed by atoms with Gasteiger partial charge in [0.05, 0.1) is 5.01 Å². The van der Waals surface area contributed by atoms with Gasteiger partial charge < -0.3 is 10.0 Å². The molecule has 128 valence electrons. The van der Waals surface area contributed by atoms with E-state index >= 15 is 0 Å². The molecule has 0 atom stereocenters. The van der Waals surface area contributed by atoms with Crippen molar-refractivity contribution in [3.05, 3.63) is 16.1 Å². The lowest BCUT2D eigenvalue weighted by atomic mass is 10.0. The maximum Gasteiger partial charge on any atom is 0.323 e. The van der Waals surface area contributed by atoms with Gasteiger partial charge in [0.15, 0.2) is 0 Å². The average Bonchev–Trinajstić information content (AvgIpc) is 2.94. The molecule has 1 saturated heterocycles. The topological polar surface area (TPSA) is 73.7 Å². The minimum absolute atomic E-state index is 0.0518. The van der Waals surface area contributed by atoms with Crippen LogP contribution >= 0.6 is 11.3 Å². The molecule has 0 saturated carbocycles. The smallest absolute Gasteiger partial charge is 0.323 e. The Kier molecular flexibility index (Phi) is 5.41. The Bertz CT molecular complexity index is 575. The van der Waals surface area contributed by atoms with E-state index in [1.807, 2.05) is 10.3 Å². The van der Waals surface area contributed by atoms with Crippen LogP contribution in [0.25, 0.3) is 0 Å². The van der Waals surface area contributed by atoms with Gasteiger partial charge >= 0.3 is 5.97 Å². The molecule has 1 aromatic heterocycles. The second kappa shape index (κ2) is 6.97. The normalized spacial score (nSPS) is 16.8. The van der Waals surface area contributed by atoms with Crippen LogP contribution in [0.3, 0.4) is 0 Å². The van der Waals surface area contributed by atoms with Crippen molar-refractivity contribution in [2.75, 3.05) is 26.2 Å². The summed E-state index contributed by atoms with van der Waals surface area (Å²) >= 11 is 1.53. The van der Waals surface area contributed by atoms with E-state index < -0.39 is 11.5 Å². The number of rotatable bonds is 5. The number of amides is 1. The number of piperazine rings is 1. The molecule has 0 bridgehead atoms. The first-order valence-corrected chi connectivity index (χ1v) is 8.82. The Balaban J connectivity index is 1.96. The van der Waals surface area contributed by atoms with E-state index in [-0.39, 0.29) is 5.91 Å². The molecule has 23 heavy (non-hydrogen) atoms. The maximum absolute atomic E-state index is 12.5. The summed E-state index contributed by atoms with van der Waals surface area (Å²) in [6.45, 7) is 9.86. The quantitative estimate of drug-likeness (QED) is 0.888. The van der Waals surface area contributed by atoms with Crippen LogP contribution in [0.15, 0.2) is 5.38 Å². The van der Waals surface area contributed by atoms with Gasteiger partial charge in [0.25, 0.3) is 5.91 Å². The number of aromatic nitrogens is 1. The number of carboxylic acid groups (broad SMARTS) is 1. The van der Waals surface area contributed by atoms with Crippen molar-refractivity contribution >= 4 is 23.2 Å². The minimum atomic E-state index is -0.903. The summed E-state index contributed by atoms with van der Waals surface area (Å²) in [4.78, 5) is 32.0. The van der Waals surface area contributed by atoms with Crippen LogP contribution in [0.2, 0.25) is 0 Å². The van der Waals surface area contributed by atoms with Crippen LogP contribution in [0, 0.1) is 5.92 Å². The van der Waals surface area contributed by atoms with E-state index in [9.17, 15) is 14.7 Å². The summed E-state index contributed by atoms with van der Waals surface area (Å²) < 4.78 is 0. The molecule has 0 aliphatic carbocycles. The molecule has 0 spiro atoms. The Morgan fingerprint density at radius 3 is 2.43 bits per heavy atom. The summed E-state index contributed by atoms with van der Waals surface area (Å²) in [5.41, 5.74) is -0.392. The van der Waals surface area contributed by atoms with Gasteiger partial charge in [-0.2, -0.15) is 0 Å². The summed E-state index contributed by atoms with van der Waals surface area (Å²) in [6.07, 6.45) is 0.887. The Morgan fingerprint density at radius 2 is 1.91 bits per heavy atom. The van der Waals surface area contributed by atoms with Gasteiger partial charge in [0, 0.05) is 38.0 Å². The van der Waals surface area contributed by atoms with Crippen molar-refractivity contribution in [1.29, 1.82) is 0 Å². The van der Waals surface area contributed by atoms with Gasteiger partial charge in [-0.25, -0.2) is 4.98 Å². The molecule has 2 rings (SSSR count). The minimum Gasteiger partial charge on any atom is -0.480 e. The fraction of sp³-hybridized carbons (Fsp3) is 0.688. The van der Waals surface area contributed by atoms with E-state index in [1.165, 1.54) is 11.3 Å². The average molecular weight is 339 g/mol. The van der Waals surface area contributed by atoms with E-state index in [0.29, 0.717) is 37.8 Å². The zero-order chi connectivity index (χ0) is 17.2. The molecular formula is C16H25N3O3S. The number of aliphatic carboxylic acids is 1. The Hall–Kier alpha value is -1.47. The Labute approximate surface area is 141 Å². The van der Waals surface area contributed by atoms with E-state index in [1.54, 1.807) is 18.7 Å². The second-order valence-electron chi connectivity index (χ2n) is 6.87. The first-order valence-electron chi connectivity index (χ1n) is 7.94.